The molecule has 0 saturated carbocycles. The zero-order valence-electron chi connectivity index (χ0n) is 15.8. The Morgan fingerprint density at radius 1 is 1.04 bits per heavy atom. The minimum Gasteiger partial charge on any atom is -0.462 e. The summed E-state index contributed by atoms with van der Waals surface area (Å²) < 4.78 is 5.02. The Morgan fingerprint density at radius 3 is 2.39 bits per heavy atom. The van der Waals surface area contributed by atoms with Gasteiger partial charge in [0.25, 0.3) is 5.91 Å². The fourth-order valence-corrected chi connectivity index (χ4v) is 3.25. The van der Waals surface area contributed by atoms with Gasteiger partial charge in [0, 0.05) is 31.7 Å². The van der Waals surface area contributed by atoms with E-state index < -0.39 is 5.97 Å². The van der Waals surface area contributed by atoms with Gasteiger partial charge in [-0.2, -0.15) is 0 Å². The van der Waals surface area contributed by atoms with Gasteiger partial charge in [-0.05, 0) is 37.3 Å². The number of hydrogen-bond acceptors (Lipinski definition) is 5. The Morgan fingerprint density at radius 2 is 1.75 bits per heavy atom. The Kier molecular flexibility index (Phi) is 6.26. The lowest BCUT2D eigenvalue weighted by Gasteiger charge is -2.37. The molecule has 146 valence electrons. The monoisotopic (exact) mass is 381 g/mol. The maximum absolute atomic E-state index is 12.6. The third-order valence-electron chi connectivity index (χ3n) is 4.65. The molecule has 2 aromatic rings. The number of carbonyl (C=O) groups is 3. The third kappa shape index (κ3) is 4.31. The summed E-state index contributed by atoms with van der Waals surface area (Å²) in [6.07, 6.45) is 0.586. The maximum atomic E-state index is 12.6. The number of hydrogen-bond donors (Lipinski definition) is 1. The van der Waals surface area contributed by atoms with Crippen molar-refractivity contribution < 1.29 is 19.1 Å². The van der Waals surface area contributed by atoms with Crippen LogP contribution in [0.4, 0.5) is 11.4 Å². The van der Waals surface area contributed by atoms with E-state index in [1.54, 1.807) is 25.1 Å². The van der Waals surface area contributed by atoms with Crippen LogP contribution in [-0.4, -0.2) is 56.0 Å². The normalized spacial score (nSPS) is 13.8. The molecule has 1 saturated heterocycles. The van der Waals surface area contributed by atoms with Gasteiger partial charge in [-0.25, -0.2) is 4.79 Å². The summed E-state index contributed by atoms with van der Waals surface area (Å²) in [5, 5.41) is 2.66. The summed E-state index contributed by atoms with van der Waals surface area (Å²) in [6.45, 7) is 4.44. The first-order valence-electron chi connectivity index (χ1n) is 9.24. The van der Waals surface area contributed by atoms with Gasteiger partial charge in [-0.15, -0.1) is 0 Å². The van der Waals surface area contributed by atoms with Crippen molar-refractivity contribution in [3.05, 3.63) is 59.7 Å². The van der Waals surface area contributed by atoms with E-state index >= 15 is 0 Å². The molecular weight excluding hydrogens is 358 g/mol. The molecule has 0 spiro atoms. The molecule has 0 atom stereocenters. The molecule has 0 aromatic heterocycles. The number of anilines is 2. The lowest BCUT2D eigenvalue weighted by molar-refractivity contribution is -0.105. The average molecular weight is 381 g/mol. The Bertz CT molecular complexity index is 846. The largest absolute Gasteiger partial charge is 0.462 e. The number of nitrogens with one attached hydrogen (secondary N) is 1. The van der Waals surface area contributed by atoms with E-state index in [9.17, 15) is 14.4 Å². The quantitative estimate of drug-likeness (QED) is 0.614. The predicted molar refractivity (Wildman–Crippen MR) is 107 cm³/mol. The fraction of sp³-hybridized carbons (Fsp3) is 0.286. The number of esters is 1. The summed E-state index contributed by atoms with van der Waals surface area (Å²) in [5.41, 5.74) is 2.42. The molecule has 7 heteroatoms. The number of benzene rings is 2. The summed E-state index contributed by atoms with van der Waals surface area (Å²) in [4.78, 5) is 39.5. The van der Waals surface area contributed by atoms with Crippen molar-refractivity contribution in [2.75, 3.05) is 43.0 Å². The molecule has 0 bridgehead atoms. The number of carbonyl (C=O) groups excluding carboxylic acids is 3. The minimum absolute atomic E-state index is 0.0177. The molecule has 1 aliphatic rings. The second-order valence-electron chi connectivity index (χ2n) is 6.36. The highest BCUT2D eigenvalue weighted by Crippen LogP contribution is 2.28. The van der Waals surface area contributed by atoms with Crippen LogP contribution in [0.1, 0.15) is 27.6 Å². The lowest BCUT2D eigenvalue weighted by atomic mass is 10.1. The molecule has 1 N–H and O–H groups in total. The van der Waals surface area contributed by atoms with Gasteiger partial charge in [0.05, 0.1) is 23.5 Å². The molecule has 2 amide bonds. The van der Waals surface area contributed by atoms with E-state index in [1.165, 1.54) is 0 Å². The van der Waals surface area contributed by atoms with E-state index in [2.05, 4.69) is 10.2 Å². The van der Waals surface area contributed by atoms with Crippen molar-refractivity contribution in [3.8, 4) is 0 Å². The van der Waals surface area contributed by atoms with Crippen LogP contribution in [0, 0.1) is 0 Å². The summed E-state index contributed by atoms with van der Waals surface area (Å²) in [5.74, 6) is -0.412. The van der Waals surface area contributed by atoms with Gasteiger partial charge >= 0.3 is 5.97 Å². The van der Waals surface area contributed by atoms with E-state index in [0.717, 1.165) is 5.69 Å². The summed E-state index contributed by atoms with van der Waals surface area (Å²) in [7, 11) is 0. The molecule has 0 radical (unpaired) electrons. The standard InChI is InChI=1S/C21H23N3O4/c1-2-28-21(27)17-8-9-19(18(14-17)22-15-25)23-10-12-24(13-11-23)20(26)16-6-4-3-5-7-16/h3-9,14-15H,2,10-13H2,1H3,(H,22,25). The number of piperazine rings is 1. The fourth-order valence-electron chi connectivity index (χ4n) is 3.25. The number of amides is 2. The van der Waals surface area contributed by atoms with Crippen LogP contribution < -0.4 is 10.2 Å². The zero-order valence-corrected chi connectivity index (χ0v) is 15.8. The van der Waals surface area contributed by atoms with E-state index in [-0.39, 0.29) is 12.5 Å². The molecule has 1 aliphatic heterocycles. The highest BCUT2D eigenvalue weighted by molar-refractivity contribution is 5.95. The van der Waals surface area contributed by atoms with E-state index in [4.69, 9.17) is 4.74 Å². The molecule has 0 unspecified atom stereocenters. The zero-order chi connectivity index (χ0) is 19.9. The van der Waals surface area contributed by atoms with Crippen LogP contribution in [0.3, 0.4) is 0 Å². The van der Waals surface area contributed by atoms with Gasteiger partial charge in [-0.3, -0.25) is 9.59 Å². The molecule has 3 rings (SSSR count). The highest BCUT2D eigenvalue weighted by Gasteiger charge is 2.24. The van der Waals surface area contributed by atoms with Crippen LogP contribution in [0.5, 0.6) is 0 Å². The predicted octanol–water partition coefficient (Wildman–Crippen LogP) is 2.39. The van der Waals surface area contributed by atoms with Gasteiger partial charge in [0.2, 0.25) is 6.41 Å². The minimum atomic E-state index is -0.429. The van der Waals surface area contributed by atoms with E-state index in [0.29, 0.717) is 49.4 Å². The van der Waals surface area contributed by atoms with Crippen molar-refractivity contribution >= 4 is 29.7 Å². The molecule has 1 heterocycles. The molecule has 0 aliphatic carbocycles. The smallest absolute Gasteiger partial charge is 0.338 e. The van der Waals surface area contributed by atoms with Gasteiger partial charge in [0.1, 0.15) is 0 Å². The third-order valence-corrected chi connectivity index (χ3v) is 4.65. The van der Waals surface area contributed by atoms with Crippen molar-refractivity contribution in [1.29, 1.82) is 0 Å². The first-order valence-corrected chi connectivity index (χ1v) is 9.24. The van der Waals surface area contributed by atoms with Crippen LogP contribution in [0.15, 0.2) is 48.5 Å². The SMILES string of the molecule is CCOC(=O)c1ccc(N2CCN(C(=O)c3ccccc3)CC2)c(NC=O)c1. The van der Waals surface area contributed by atoms with Crippen molar-refractivity contribution in [2.45, 2.75) is 6.92 Å². The average Bonchev–Trinajstić information content (AvgIpc) is 2.74. The van der Waals surface area contributed by atoms with Crippen LogP contribution >= 0.6 is 0 Å². The summed E-state index contributed by atoms with van der Waals surface area (Å²) in [6, 6.07) is 14.3. The van der Waals surface area contributed by atoms with Crippen molar-refractivity contribution in [3.63, 3.8) is 0 Å². The van der Waals surface area contributed by atoms with Crippen LogP contribution in [0.25, 0.3) is 0 Å². The highest BCUT2D eigenvalue weighted by atomic mass is 16.5. The Balaban J connectivity index is 1.71. The van der Waals surface area contributed by atoms with Gasteiger partial charge < -0.3 is 19.9 Å². The number of rotatable bonds is 6. The van der Waals surface area contributed by atoms with Crippen molar-refractivity contribution in [1.82, 2.24) is 4.90 Å². The summed E-state index contributed by atoms with van der Waals surface area (Å²) >= 11 is 0. The van der Waals surface area contributed by atoms with Gasteiger partial charge in [0.15, 0.2) is 0 Å². The van der Waals surface area contributed by atoms with E-state index in [1.807, 2.05) is 35.2 Å². The first kappa shape index (κ1) is 19.4. The molecule has 28 heavy (non-hydrogen) atoms. The number of nitrogens with zero attached hydrogens (tertiary/aromatic N) is 2. The van der Waals surface area contributed by atoms with Crippen LogP contribution in [0.2, 0.25) is 0 Å². The second-order valence-corrected chi connectivity index (χ2v) is 6.36. The maximum Gasteiger partial charge on any atom is 0.338 e. The first-order chi connectivity index (χ1) is 13.6. The molecule has 2 aromatic carbocycles. The Hall–Kier alpha value is -3.35. The molecule has 7 nitrogen and oxygen atoms in total. The molecule has 1 fully saturated rings. The molecular formula is C21H23N3O4. The second kappa shape index (κ2) is 9.03. The lowest BCUT2D eigenvalue weighted by Crippen LogP contribution is -2.49. The topological polar surface area (TPSA) is 79.0 Å². The van der Waals surface area contributed by atoms with Crippen LogP contribution in [-0.2, 0) is 9.53 Å². The van der Waals surface area contributed by atoms with Gasteiger partial charge in [-0.1, -0.05) is 18.2 Å². The van der Waals surface area contributed by atoms with Crippen molar-refractivity contribution in [2.24, 2.45) is 0 Å². The Labute approximate surface area is 163 Å². The number of ether oxygens (including phenoxy) is 1.